The molecule has 0 aliphatic carbocycles. The Bertz CT molecular complexity index is 4700. The van der Waals surface area contributed by atoms with Crippen LogP contribution in [0.5, 0.6) is 0 Å². The van der Waals surface area contributed by atoms with E-state index in [0.717, 1.165) is 124 Å². The Balaban J connectivity index is 0.000000153. The van der Waals surface area contributed by atoms with Crippen LogP contribution >= 0.6 is 0 Å². The number of hydrogen-bond acceptors (Lipinski definition) is 22. The van der Waals surface area contributed by atoms with Crippen LogP contribution in [0.1, 0.15) is 138 Å². The molecule has 98 heavy (non-hydrogen) atoms. The predicted octanol–water partition coefficient (Wildman–Crippen LogP) is 8.38. The van der Waals surface area contributed by atoms with Gasteiger partial charge in [0.15, 0.2) is 45.9 Å². The van der Waals surface area contributed by atoms with Gasteiger partial charge in [-0.05, 0) is 97.9 Å². The fourth-order valence-electron chi connectivity index (χ4n) is 10.4. The number of aromatic nitrogens is 18. The Labute approximate surface area is 565 Å². The topological polar surface area (TPSA) is 432 Å². The second-order valence-electron chi connectivity index (χ2n) is 23.7. The Kier molecular flexibility index (Phi) is 24.4. The van der Waals surface area contributed by atoms with Gasteiger partial charge in [-0.2, -0.15) is 39.9 Å². The number of nitrogens with zero attached hydrogens (tertiary/aromatic N) is 14. The molecule has 0 saturated heterocycles. The number of unbranched alkanes of at least 4 members (excludes halogenated alkanes) is 4. The van der Waals surface area contributed by atoms with E-state index in [1.54, 1.807) is 30.7 Å². The molecule has 0 radical (unpaired) electrons. The molecule has 16 N–H and O–H groups in total. The van der Waals surface area contributed by atoms with Crippen molar-refractivity contribution in [2.75, 3.05) is 70.4 Å². The maximum atomic E-state index is 12.4. The van der Waals surface area contributed by atoms with Crippen LogP contribution in [0.4, 0.5) is 47.1 Å². The number of hydrogen-bond donors (Lipinski definition) is 12. The third-order valence-corrected chi connectivity index (χ3v) is 16.0. The van der Waals surface area contributed by atoms with Crippen LogP contribution < -0.4 is 67.0 Å². The zero-order valence-corrected chi connectivity index (χ0v) is 57.0. The van der Waals surface area contributed by atoms with Crippen molar-refractivity contribution in [2.24, 2.45) is 0 Å². The van der Waals surface area contributed by atoms with Crippen molar-refractivity contribution >= 4 is 91.7 Å². The van der Waals surface area contributed by atoms with Gasteiger partial charge in [-0.3, -0.25) is 28.2 Å². The highest BCUT2D eigenvalue weighted by Crippen LogP contribution is 2.23. The van der Waals surface area contributed by atoms with Crippen molar-refractivity contribution in [3.05, 3.63) is 172 Å². The third-order valence-electron chi connectivity index (χ3n) is 16.0. The number of aryl methyl sites for hydroxylation is 4. The van der Waals surface area contributed by atoms with Crippen molar-refractivity contribution in [1.29, 1.82) is 0 Å². The van der Waals surface area contributed by atoms with E-state index >= 15 is 0 Å². The van der Waals surface area contributed by atoms with E-state index < -0.39 is 0 Å². The van der Waals surface area contributed by atoms with Crippen molar-refractivity contribution in [2.45, 2.75) is 146 Å². The quantitative estimate of drug-likeness (QED) is 0.0226. The lowest BCUT2D eigenvalue weighted by Gasteiger charge is -2.08. The number of nitrogens with two attached hydrogens (primary N) is 4. The fourth-order valence-corrected chi connectivity index (χ4v) is 10.4. The number of fused-ring (bicyclic) bond motifs is 4. The lowest BCUT2D eigenvalue weighted by molar-refractivity contribution is 0.772. The standard InChI is InChI=1S/2C18H24N6O.2C16H21N7O/c1-3-5-10-20-17-22-15(19)14-16(23-17)24(18(25)21-14)11-13-8-6-12(4-2)7-9-13;1-3-5-9-20-17-22-15(19)14-16(23-17)24(18(25)21-14)11-13-8-6-7-12(4-2)10-13;2*1-3-4-7-18-15-21-13(17)12-14(22-15)23(16(24)20-12)9-11-6-5-10(2)19-8-11/h6-9H,3-5,10-11H2,1-2H3,(H,21,25)(H3,19,20,22,23);6-8,10H,3-5,9,11H2,1-2H3,(H,21,25)(H3,19,20,22,23);2*5-6,8H,3-4,7,9H2,1-2H3,(H,20,24)(H3,17,18,21,22). The Morgan fingerprint density at radius 3 is 0.939 bits per heavy atom. The van der Waals surface area contributed by atoms with Crippen LogP contribution in [0, 0.1) is 13.8 Å². The fraction of sp³-hybridized carbons (Fsp3) is 0.382. The van der Waals surface area contributed by atoms with Gasteiger partial charge in [0.2, 0.25) is 23.8 Å². The zero-order valence-electron chi connectivity index (χ0n) is 57.0. The summed E-state index contributed by atoms with van der Waals surface area (Å²) in [5.74, 6) is 2.85. The Morgan fingerprint density at radius 2 is 0.643 bits per heavy atom. The molecule has 0 atom stereocenters. The highest BCUT2D eigenvalue weighted by atomic mass is 16.2. The van der Waals surface area contributed by atoms with Crippen LogP contribution in [0.15, 0.2) is 104 Å². The third kappa shape index (κ3) is 18.1. The van der Waals surface area contributed by atoms with Crippen molar-refractivity contribution in [3.8, 4) is 0 Å². The lowest BCUT2D eigenvalue weighted by Crippen LogP contribution is -2.18. The van der Waals surface area contributed by atoms with E-state index in [9.17, 15) is 19.2 Å². The summed E-state index contributed by atoms with van der Waals surface area (Å²) in [4.78, 5) is 104. The SMILES string of the molecule is CCCCNc1nc(N)c2[nH]c(=O)n(Cc3ccc(C)nc3)c2n1.CCCCNc1nc(N)c2[nH]c(=O)n(Cc3ccc(C)nc3)c2n1.CCCCNc1nc(N)c2[nH]c(=O)n(Cc3ccc(CC)cc3)c2n1.CCCCNc1nc(N)c2[nH]c(=O)n(Cc3cccc(CC)c3)c2n1. The Morgan fingerprint density at radius 1 is 0.357 bits per heavy atom. The summed E-state index contributed by atoms with van der Waals surface area (Å²) < 4.78 is 6.29. The molecule has 0 saturated carbocycles. The molecule has 30 nitrogen and oxygen atoms in total. The molecule has 12 rings (SSSR count). The maximum Gasteiger partial charge on any atom is 0.328 e. The summed E-state index contributed by atoms with van der Waals surface area (Å²) >= 11 is 0. The molecule has 10 aromatic heterocycles. The largest absolute Gasteiger partial charge is 0.382 e. The van der Waals surface area contributed by atoms with Gasteiger partial charge in [0.1, 0.15) is 22.1 Å². The number of imidazole rings is 4. The number of aromatic amines is 4. The van der Waals surface area contributed by atoms with Gasteiger partial charge in [0, 0.05) is 50.0 Å². The molecule has 0 aliphatic rings. The number of pyridine rings is 2. The normalized spacial score (nSPS) is 11.1. The van der Waals surface area contributed by atoms with Crippen molar-refractivity contribution < 1.29 is 0 Å². The first-order valence-electron chi connectivity index (χ1n) is 33.4. The number of anilines is 8. The Hall–Kier alpha value is -11.5. The molecule has 0 aliphatic heterocycles. The molecule has 0 amide bonds. The predicted molar refractivity (Wildman–Crippen MR) is 390 cm³/mol. The number of nitrogens with one attached hydrogen (secondary N) is 8. The van der Waals surface area contributed by atoms with Crippen LogP contribution in [0.3, 0.4) is 0 Å². The summed E-state index contributed by atoms with van der Waals surface area (Å²) in [6.07, 6.45) is 13.8. The summed E-state index contributed by atoms with van der Waals surface area (Å²) in [6.45, 7) is 21.2. The summed E-state index contributed by atoms with van der Waals surface area (Å²) in [7, 11) is 0. The molecule has 516 valence electrons. The molecule has 10 heterocycles. The monoisotopic (exact) mass is 1330 g/mol. The average molecular weight is 1340 g/mol. The van der Waals surface area contributed by atoms with Gasteiger partial charge in [-0.1, -0.05) is 128 Å². The maximum absolute atomic E-state index is 12.4. The molecule has 2 aromatic carbocycles. The molecule has 12 aromatic rings. The van der Waals surface area contributed by atoms with Gasteiger partial charge in [0.05, 0.1) is 26.2 Å². The molecule has 0 bridgehead atoms. The molecular formula is C68H90N26O4. The lowest BCUT2D eigenvalue weighted by atomic mass is 10.1. The minimum atomic E-state index is -0.266. The minimum Gasteiger partial charge on any atom is -0.382 e. The van der Waals surface area contributed by atoms with E-state index in [2.05, 4.69) is 157 Å². The van der Waals surface area contributed by atoms with E-state index in [0.29, 0.717) is 94.6 Å². The number of rotatable bonds is 26. The minimum absolute atomic E-state index is 0.233. The first-order chi connectivity index (χ1) is 47.4. The van der Waals surface area contributed by atoms with Crippen LogP contribution in [0.25, 0.3) is 44.7 Å². The number of nitrogen functional groups attached to an aromatic ring is 4. The van der Waals surface area contributed by atoms with Crippen LogP contribution in [0.2, 0.25) is 0 Å². The summed E-state index contributed by atoms with van der Waals surface area (Å²) in [5, 5.41) is 12.6. The van der Waals surface area contributed by atoms with Crippen molar-refractivity contribution in [3.63, 3.8) is 0 Å². The van der Waals surface area contributed by atoms with E-state index in [4.69, 9.17) is 22.9 Å². The van der Waals surface area contributed by atoms with Gasteiger partial charge in [-0.15, -0.1) is 0 Å². The molecular weight excluding hydrogens is 1240 g/mol. The first-order valence-corrected chi connectivity index (χ1v) is 33.4. The van der Waals surface area contributed by atoms with Gasteiger partial charge >= 0.3 is 22.8 Å². The van der Waals surface area contributed by atoms with Gasteiger partial charge in [0.25, 0.3) is 0 Å². The van der Waals surface area contributed by atoms with Crippen molar-refractivity contribution in [1.82, 2.24) is 88.0 Å². The molecule has 0 spiro atoms. The van der Waals surface area contributed by atoms with Gasteiger partial charge < -0.3 is 64.1 Å². The molecule has 0 fully saturated rings. The number of benzene rings is 2. The van der Waals surface area contributed by atoms with E-state index in [1.165, 1.54) is 11.1 Å². The van der Waals surface area contributed by atoms with Crippen LogP contribution in [-0.4, -0.2) is 114 Å². The number of H-pyrrole nitrogens is 4. The summed E-state index contributed by atoms with van der Waals surface area (Å²) in [6, 6.07) is 24.2. The zero-order chi connectivity index (χ0) is 69.8. The highest BCUT2D eigenvalue weighted by Gasteiger charge is 2.19. The second-order valence-corrected chi connectivity index (χ2v) is 23.7. The van der Waals surface area contributed by atoms with Crippen LogP contribution in [-0.2, 0) is 39.0 Å². The summed E-state index contributed by atoms with van der Waals surface area (Å²) in [5.41, 5.74) is 35.2. The van der Waals surface area contributed by atoms with E-state index in [-0.39, 0.29) is 46.0 Å². The highest BCUT2D eigenvalue weighted by molar-refractivity contribution is 5.85. The van der Waals surface area contributed by atoms with Gasteiger partial charge in [-0.25, -0.2) is 19.2 Å². The second kappa shape index (κ2) is 33.8. The average Bonchev–Trinajstić information content (AvgIpc) is 1.66. The molecule has 0 unspecified atom stereocenters. The first kappa shape index (κ1) is 70.8. The molecule has 30 heteroatoms. The smallest absolute Gasteiger partial charge is 0.328 e. The van der Waals surface area contributed by atoms with E-state index in [1.807, 2.05) is 62.4 Å².